The molecule has 0 aliphatic heterocycles. The molecular weight excluding hydrogens is 262 g/mol. The summed E-state index contributed by atoms with van der Waals surface area (Å²) in [6.07, 6.45) is 3.40. The topological polar surface area (TPSA) is 71.1 Å². The average molecular weight is 285 g/mol. The Labute approximate surface area is 115 Å². The maximum absolute atomic E-state index is 12.1. The minimum absolute atomic E-state index is 0.278. The highest BCUT2D eigenvalue weighted by atomic mass is 32.2. The van der Waals surface area contributed by atoms with Crippen LogP contribution in [0.5, 0.6) is 0 Å². The van der Waals surface area contributed by atoms with Gasteiger partial charge in [-0.15, -0.1) is 0 Å². The minimum atomic E-state index is -3.30. The van der Waals surface area contributed by atoms with Crippen molar-refractivity contribution in [3.05, 3.63) is 29.6 Å². The molecule has 0 bridgehead atoms. The highest BCUT2D eigenvalue weighted by Crippen LogP contribution is 2.06. The number of sulfonamides is 1. The number of aryl methyl sites for hydroxylation is 1. The predicted molar refractivity (Wildman–Crippen MR) is 77.3 cm³/mol. The van der Waals surface area contributed by atoms with Crippen molar-refractivity contribution in [3.63, 3.8) is 0 Å². The fourth-order valence-electron chi connectivity index (χ4n) is 1.53. The largest absolute Gasteiger partial charge is 0.313 e. The molecule has 2 N–H and O–H groups in total. The van der Waals surface area contributed by atoms with Crippen molar-refractivity contribution < 1.29 is 8.42 Å². The number of hydrogen-bond donors (Lipinski definition) is 2. The van der Waals surface area contributed by atoms with Gasteiger partial charge in [0.1, 0.15) is 0 Å². The Hall–Kier alpha value is -0.980. The first-order chi connectivity index (χ1) is 8.83. The summed E-state index contributed by atoms with van der Waals surface area (Å²) in [6, 6.07) is 2.11. The zero-order valence-corrected chi connectivity index (χ0v) is 12.8. The summed E-state index contributed by atoms with van der Waals surface area (Å²) in [5, 5.41) is 2.67. The Morgan fingerprint density at radius 3 is 2.58 bits per heavy atom. The van der Waals surface area contributed by atoms with Crippen LogP contribution in [-0.2, 0) is 16.6 Å². The molecule has 0 saturated heterocycles. The number of aromatic nitrogens is 1. The Bertz CT molecular complexity index is 500. The van der Waals surface area contributed by atoms with Crippen molar-refractivity contribution in [2.24, 2.45) is 0 Å². The molecule has 0 aromatic carbocycles. The van der Waals surface area contributed by atoms with Gasteiger partial charge in [0, 0.05) is 31.5 Å². The van der Waals surface area contributed by atoms with Crippen LogP contribution >= 0.6 is 0 Å². The van der Waals surface area contributed by atoms with E-state index < -0.39 is 15.3 Å². The van der Waals surface area contributed by atoms with Gasteiger partial charge in [0.2, 0.25) is 10.0 Å². The van der Waals surface area contributed by atoms with E-state index in [1.54, 1.807) is 19.3 Å². The zero-order chi connectivity index (χ0) is 14.5. The van der Waals surface area contributed by atoms with Crippen LogP contribution in [0.4, 0.5) is 0 Å². The number of nitrogens with zero attached hydrogens (tertiary/aromatic N) is 1. The lowest BCUT2D eigenvalue weighted by Gasteiger charge is -2.16. The molecule has 1 unspecified atom stereocenters. The van der Waals surface area contributed by atoms with Gasteiger partial charge in [-0.3, -0.25) is 4.98 Å². The molecule has 19 heavy (non-hydrogen) atoms. The van der Waals surface area contributed by atoms with Crippen LogP contribution < -0.4 is 10.0 Å². The van der Waals surface area contributed by atoms with Crippen LogP contribution in [0, 0.1) is 6.92 Å². The first kappa shape index (κ1) is 16.1. The van der Waals surface area contributed by atoms with E-state index in [1.807, 2.05) is 26.8 Å². The van der Waals surface area contributed by atoms with Crippen LogP contribution in [0.15, 0.2) is 18.5 Å². The van der Waals surface area contributed by atoms with Gasteiger partial charge in [0.15, 0.2) is 0 Å². The third-order valence-electron chi connectivity index (χ3n) is 2.94. The Morgan fingerprint density at radius 2 is 2.00 bits per heavy atom. The first-order valence-corrected chi connectivity index (χ1v) is 7.99. The molecule has 1 rings (SSSR count). The second-order valence-corrected chi connectivity index (χ2v) is 7.23. The molecule has 0 aliphatic carbocycles. The van der Waals surface area contributed by atoms with E-state index in [0.717, 1.165) is 11.1 Å². The molecule has 0 fully saturated rings. The molecule has 0 aliphatic rings. The molecule has 6 heteroatoms. The Balaban J connectivity index is 2.58. The van der Waals surface area contributed by atoms with Gasteiger partial charge in [0.05, 0.1) is 5.25 Å². The fourth-order valence-corrected chi connectivity index (χ4v) is 2.49. The van der Waals surface area contributed by atoms with Gasteiger partial charge < -0.3 is 5.32 Å². The van der Waals surface area contributed by atoms with Crippen molar-refractivity contribution in [1.82, 2.24) is 15.0 Å². The summed E-state index contributed by atoms with van der Waals surface area (Å²) in [5.41, 5.74) is 1.93. The fraction of sp³-hybridized carbons (Fsp3) is 0.615. The molecule has 1 heterocycles. The summed E-state index contributed by atoms with van der Waals surface area (Å²) >= 11 is 0. The van der Waals surface area contributed by atoms with E-state index >= 15 is 0 Å². The van der Waals surface area contributed by atoms with Crippen molar-refractivity contribution in [2.45, 2.75) is 45.5 Å². The predicted octanol–water partition coefficient (Wildman–Crippen LogP) is 1.20. The molecule has 0 saturated carbocycles. The summed E-state index contributed by atoms with van der Waals surface area (Å²) in [4.78, 5) is 3.99. The number of hydrogen-bond acceptors (Lipinski definition) is 4. The lowest BCUT2D eigenvalue weighted by atomic mass is 10.2. The second-order valence-electron chi connectivity index (χ2n) is 5.04. The van der Waals surface area contributed by atoms with Gasteiger partial charge in [-0.1, -0.05) is 13.8 Å². The SMILES string of the molecule is Cc1cnccc1CNS(=O)(=O)C(C)CNC(C)C. The van der Waals surface area contributed by atoms with E-state index in [1.165, 1.54) is 0 Å². The van der Waals surface area contributed by atoms with Crippen molar-refractivity contribution in [1.29, 1.82) is 0 Å². The lowest BCUT2D eigenvalue weighted by Crippen LogP contribution is -2.40. The summed E-state index contributed by atoms with van der Waals surface area (Å²) in [5.74, 6) is 0. The van der Waals surface area contributed by atoms with Crippen LogP contribution in [-0.4, -0.2) is 31.2 Å². The van der Waals surface area contributed by atoms with Gasteiger partial charge in [0.25, 0.3) is 0 Å². The van der Waals surface area contributed by atoms with Crippen LogP contribution in [0.2, 0.25) is 0 Å². The van der Waals surface area contributed by atoms with Gasteiger partial charge in [-0.05, 0) is 31.0 Å². The zero-order valence-electron chi connectivity index (χ0n) is 12.0. The highest BCUT2D eigenvalue weighted by molar-refractivity contribution is 7.90. The molecule has 1 aromatic rings. The van der Waals surface area contributed by atoms with Gasteiger partial charge in [-0.25, -0.2) is 13.1 Å². The number of nitrogens with one attached hydrogen (secondary N) is 2. The maximum atomic E-state index is 12.1. The molecule has 108 valence electrons. The van der Waals surface area contributed by atoms with Gasteiger partial charge >= 0.3 is 0 Å². The van der Waals surface area contributed by atoms with E-state index in [0.29, 0.717) is 13.1 Å². The first-order valence-electron chi connectivity index (χ1n) is 6.44. The third-order valence-corrected chi connectivity index (χ3v) is 4.72. The van der Waals surface area contributed by atoms with Crippen molar-refractivity contribution in [2.75, 3.05) is 6.54 Å². The van der Waals surface area contributed by atoms with E-state index in [2.05, 4.69) is 15.0 Å². The summed E-state index contributed by atoms with van der Waals surface area (Å²) in [6.45, 7) is 8.36. The standard InChI is InChI=1S/C13H23N3O2S/c1-10(2)15-8-12(4)19(17,18)16-9-13-5-6-14-7-11(13)3/h5-7,10,12,15-16H,8-9H2,1-4H3. The molecule has 1 atom stereocenters. The Morgan fingerprint density at radius 1 is 1.32 bits per heavy atom. The minimum Gasteiger partial charge on any atom is -0.313 e. The summed E-state index contributed by atoms with van der Waals surface area (Å²) in [7, 11) is -3.30. The molecular formula is C13H23N3O2S. The van der Waals surface area contributed by atoms with Crippen molar-refractivity contribution >= 4 is 10.0 Å². The lowest BCUT2D eigenvalue weighted by molar-refractivity contribution is 0.540. The molecule has 5 nitrogen and oxygen atoms in total. The van der Waals surface area contributed by atoms with Crippen LogP contribution in [0.3, 0.4) is 0 Å². The Kier molecular flexibility index (Phi) is 5.90. The molecule has 1 aromatic heterocycles. The van der Waals surface area contributed by atoms with Crippen LogP contribution in [0.25, 0.3) is 0 Å². The summed E-state index contributed by atoms with van der Waals surface area (Å²) < 4.78 is 26.8. The number of pyridine rings is 1. The second kappa shape index (κ2) is 6.98. The molecule has 0 spiro atoms. The quantitative estimate of drug-likeness (QED) is 0.789. The number of rotatable bonds is 7. The normalized spacial score (nSPS) is 13.7. The van der Waals surface area contributed by atoms with Crippen molar-refractivity contribution in [3.8, 4) is 0 Å². The molecule has 0 radical (unpaired) electrons. The molecule has 0 amide bonds. The monoisotopic (exact) mass is 285 g/mol. The van der Waals surface area contributed by atoms with Crippen LogP contribution in [0.1, 0.15) is 31.9 Å². The van der Waals surface area contributed by atoms with Gasteiger partial charge in [-0.2, -0.15) is 0 Å². The average Bonchev–Trinajstić information content (AvgIpc) is 2.34. The van der Waals surface area contributed by atoms with E-state index in [4.69, 9.17) is 0 Å². The maximum Gasteiger partial charge on any atom is 0.215 e. The highest BCUT2D eigenvalue weighted by Gasteiger charge is 2.20. The van der Waals surface area contributed by atoms with E-state index in [9.17, 15) is 8.42 Å². The third kappa shape index (κ3) is 5.26. The smallest absolute Gasteiger partial charge is 0.215 e. The van der Waals surface area contributed by atoms with E-state index in [-0.39, 0.29) is 6.04 Å².